The molecule has 2 aromatic carbocycles. The van der Waals surface area contributed by atoms with Gasteiger partial charge in [0.25, 0.3) is 0 Å². The van der Waals surface area contributed by atoms with Crippen LogP contribution in [0.3, 0.4) is 0 Å². The predicted molar refractivity (Wildman–Crippen MR) is 116 cm³/mol. The van der Waals surface area contributed by atoms with Crippen molar-refractivity contribution in [3.8, 4) is 5.75 Å². The van der Waals surface area contributed by atoms with E-state index in [1.807, 2.05) is 62.4 Å². The number of hydrogen-bond donors (Lipinski definition) is 3. The highest BCUT2D eigenvalue weighted by atomic mass is 16.5. The van der Waals surface area contributed by atoms with Crippen molar-refractivity contribution in [3.05, 3.63) is 60.0 Å². The van der Waals surface area contributed by atoms with Gasteiger partial charge in [-0.1, -0.05) is 31.2 Å². The van der Waals surface area contributed by atoms with Crippen LogP contribution in [0.5, 0.6) is 5.75 Å². The molecule has 3 aromatic rings. The molecule has 0 saturated carbocycles. The molecule has 0 spiro atoms. The quantitative estimate of drug-likeness (QED) is 0.393. The number of aromatic nitrogens is 1. The Bertz CT molecular complexity index is 906. The van der Waals surface area contributed by atoms with Gasteiger partial charge in [0, 0.05) is 12.6 Å². The minimum atomic E-state index is -0.833. The molecule has 7 heteroatoms. The molecule has 0 bridgehead atoms. The van der Waals surface area contributed by atoms with Gasteiger partial charge in [0.05, 0.1) is 6.54 Å². The summed E-state index contributed by atoms with van der Waals surface area (Å²) in [5.41, 5.74) is 2.60. The average molecular weight is 412 g/mol. The van der Waals surface area contributed by atoms with E-state index in [2.05, 4.69) is 15.6 Å². The second-order valence-electron chi connectivity index (χ2n) is 7.32. The van der Waals surface area contributed by atoms with Crippen LogP contribution >= 0.6 is 0 Å². The van der Waals surface area contributed by atoms with Gasteiger partial charge in [-0.25, -0.2) is 4.98 Å². The first kappa shape index (κ1) is 21.8. The summed E-state index contributed by atoms with van der Waals surface area (Å²) in [6.07, 6.45) is 1.32. The molecule has 3 rings (SSSR count). The number of carboxylic acid groups (broad SMARTS) is 1. The van der Waals surface area contributed by atoms with Crippen LogP contribution in [0.1, 0.15) is 31.7 Å². The molecule has 0 aliphatic rings. The van der Waals surface area contributed by atoms with Crippen molar-refractivity contribution in [2.45, 2.75) is 45.3 Å². The monoisotopic (exact) mass is 411 g/mol. The molecule has 0 saturated heterocycles. The van der Waals surface area contributed by atoms with Crippen molar-refractivity contribution >= 4 is 17.1 Å². The first-order chi connectivity index (χ1) is 14.5. The zero-order valence-corrected chi connectivity index (χ0v) is 17.4. The van der Waals surface area contributed by atoms with E-state index < -0.39 is 12.0 Å². The van der Waals surface area contributed by atoms with Crippen molar-refractivity contribution in [1.82, 2.24) is 15.6 Å². The van der Waals surface area contributed by atoms with Crippen LogP contribution in [0.25, 0.3) is 11.1 Å². The second-order valence-corrected chi connectivity index (χ2v) is 7.32. The highest BCUT2D eigenvalue weighted by molar-refractivity contribution is 5.74. The van der Waals surface area contributed by atoms with Crippen LogP contribution in [0, 0.1) is 0 Å². The molecule has 30 heavy (non-hydrogen) atoms. The maximum Gasteiger partial charge on any atom is 0.321 e. The van der Waals surface area contributed by atoms with Crippen LogP contribution in [-0.4, -0.2) is 41.3 Å². The fourth-order valence-electron chi connectivity index (χ4n) is 3.07. The molecule has 0 aliphatic heterocycles. The Kier molecular flexibility index (Phi) is 7.82. The third-order valence-electron chi connectivity index (χ3n) is 4.92. The molecule has 1 heterocycles. The number of carbonyl (C=O) groups is 1. The zero-order chi connectivity index (χ0) is 21.3. The van der Waals surface area contributed by atoms with E-state index >= 15 is 0 Å². The normalized spacial score (nSPS) is 13.3. The van der Waals surface area contributed by atoms with Crippen LogP contribution < -0.4 is 15.4 Å². The Morgan fingerprint density at radius 3 is 2.67 bits per heavy atom. The summed E-state index contributed by atoms with van der Waals surface area (Å²) < 4.78 is 11.4. The largest absolute Gasteiger partial charge is 0.492 e. The lowest BCUT2D eigenvalue weighted by Gasteiger charge is -2.19. The average Bonchev–Trinajstić information content (AvgIpc) is 3.16. The van der Waals surface area contributed by atoms with E-state index in [0.29, 0.717) is 32.0 Å². The third kappa shape index (κ3) is 6.30. The van der Waals surface area contributed by atoms with Gasteiger partial charge in [0.15, 0.2) is 5.58 Å². The molecule has 1 aromatic heterocycles. The van der Waals surface area contributed by atoms with Crippen molar-refractivity contribution in [2.75, 3.05) is 13.2 Å². The highest BCUT2D eigenvalue weighted by Crippen LogP contribution is 2.15. The molecule has 2 unspecified atom stereocenters. The number of para-hydroxylation sites is 2. The lowest BCUT2D eigenvalue weighted by atomic mass is 10.0. The van der Waals surface area contributed by atoms with E-state index in [1.165, 1.54) is 0 Å². The summed E-state index contributed by atoms with van der Waals surface area (Å²) in [5.74, 6) is 0.573. The number of ether oxygens (including phenoxy) is 1. The van der Waals surface area contributed by atoms with Gasteiger partial charge in [0.2, 0.25) is 5.89 Å². The summed E-state index contributed by atoms with van der Waals surface area (Å²) in [6.45, 7) is 5.72. The van der Waals surface area contributed by atoms with Gasteiger partial charge < -0.3 is 24.9 Å². The van der Waals surface area contributed by atoms with E-state index in [1.54, 1.807) is 0 Å². The smallest absolute Gasteiger partial charge is 0.321 e. The van der Waals surface area contributed by atoms with Gasteiger partial charge in [-0.05, 0) is 49.6 Å². The van der Waals surface area contributed by atoms with Crippen LogP contribution in [0.2, 0.25) is 0 Å². The molecule has 2 atom stereocenters. The Labute approximate surface area is 176 Å². The highest BCUT2D eigenvalue weighted by Gasteiger charge is 2.19. The Balaban J connectivity index is 1.40. The van der Waals surface area contributed by atoms with E-state index in [4.69, 9.17) is 9.15 Å². The first-order valence-corrected chi connectivity index (χ1v) is 10.3. The standard InChI is InChI=1S/C23H29N3O4/c1-3-16(2)25-20(23(27)28)14-17-8-10-18(11-9-17)29-13-12-24-15-22-26-19-6-4-5-7-21(19)30-22/h4-11,16,20,24-25H,3,12-15H2,1-2H3,(H,27,28). The lowest BCUT2D eigenvalue weighted by molar-refractivity contribution is -0.139. The summed E-state index contributed by atoms with van der Waals surface area (Å²) in [7, 11) is 0. The lowest BCUT2D eigenvalue weighted by Crippen LogP contribution is -2.43. The number of carboxylic acids is 1. The van der Waals surface area contributed by atoms with Crippen molar-refractivity contribution in [3.63, 3.8) is 0 Å². The number of aliphatic carboxylic acids is 1. The van der Waals surface area contributed by atoms with Crippen LogP contribution in [-0.2, 0) is 17.8 Å². The number of rotatable bonds is 12. The second kappa shape index (κ2) is 10.8. The molecule has 7 nitrogen and oxygen atoms in total. The third-order valence-corrected chi connectivity index (χ3v) is 4.92. The summed E-state index contributed by atoms with van der Waals surface area (Å²) in [6, 6.07) is 14.8. The Morgan fingerprint density at radius 1 is 1.20 bits per heavy atom. The SMILES string of the molecule is CCC(C)NC(Cc1ccc(OCCNCc2nc3ccccc3o2)cc1)C(=O)O. The van der Waals surface area contributed by atoms with Crippen LogP contribution in [0.4, 0.5) is 0 Å². The zero-order valence-electron chi connectivity index (χ0n) is 17.4. The van der Waals surface area contributed by atoms with E-state index in [9.17, 15) is 9.90 Å². The number of nitrogens with zero attached hydrogens (tertiary/aromatic N) is 1. The van der Waals surface area contributed by atoms with Crippen molar-refractivity contribution in [1.29, 1.82) is 0 Å². The number of hydrogen-bond acceptors (Lipinski definition) is 6. The number of benzene rings is 2. The van der Waals surface area contributed by atoms with E-state index in [-0.39, 0.29) is 6.04 Å². The summed E-state index contributed by atoms with van der Waals surface area (Å²) in [5, 5.41) is 15.8. The van der Waals surface area contributed by atoms with Gasteiger partial charge in [-0.15, -0.1) is 0 Å². The molecule has 3 N–H and O–H groups in total. The van der Waals surface area contributed by atoms with Gasteiger partial charge in [-0.3, -0.25) is 4.79 Å². The van der Waals surface area contributed by atoms with Gasteiger partial charge in [-0.2, -0.15) is 0 Å². The first-order valence-electron chi connectivity index (χ1n) is 10.3. The molecule has 0 aliphatic carbocycles. The van der Waals surface area contributed by atoms with Crippen molar-refractivity contribution < 1.29 is 19.1 Å². The Morgan fingerprint density at radius 2 is 1.97 bits per heavy atom. The van der Waals surface area contributed by atoms with E-state index in [0.717, 1.165) is 28.8 Å². The minimum absolute atomic E-state index is 0.163. The minimum Gasteiger partial charge on any atom is -0.492 e. The predicted octanol–water partition coefficient (Wildman–Crippen LogP) is 3.38. The van der Waals surface area contributed by atoms with Crippen molar-refractivity contribution in [2.24, 2.45) is 0 Å². The van der Waals surface area contributed by atoms with Crippen LogP contribution in [0.15, 0.2) is 52.9 Å². The Hall–Kier alpha value is -2.90. The van der Waals surface area contributed by atoms with Gasteiger partial charge >= 0.3 is 5.97 Å². The van der Waals surface area contributed by atoms with Gasteiger partial charge in [0.1, 0.15) is 23.9 Å². The summed E-state index contributed by atoms with van der Waals surface area (Å²) in [4.78, 5) is 15.9. The number of oxazole rings is 1. The number of fused-ring (bicyclic) bond motifs is 1. The molecular weight excluding hydrogens is 382 g/mol. The maximum atomic E-state index is 11.5. The molecule has 0 fully saturated rings. The summed E-state index contributed by atoms with van der Waals surface area (Å²) >= 11 is 0. The molecule has 0 radical (unpaired) electrons. The molecule has 160 valence electrons. The fourth-order valence-corrected chi connectivity index (χ4v) is 3.07. The number of nitrogens with one attached hydrogen (secondary N) is 2. The molecular formula is C23H29N3O4. The topological polar surface area (TPSA) is 96.6 Å². The fraction of sp³-hybridized carbons (Fsp3) is 0.391. The maximum absolute atomic E-state index is 11.5. The molecule has 0 amide bonds.